The Morgan fingerprint density at radius 2 is 1.67 bits per heavy atom. The summed E-state index contributed by atoms with van der Waals surface area (Å²) in [6.45, 7) is 14.8. The van der Waals surface area contributed by atoms with Crippen molar-refractivity contribution in [1.29, 1.82) is 5.26 Å². The van der Waals surface area contributed by atoms with Crippen LogP contribution in [0.15, 0.2) is 47.6 Å². The molecule has 3 saturated carbocycles. The van der Waals surface area contributed by atoms with Gasteiger partial charge >= 0.3 is 0 Å². The Balaban J connectivity index is 1.39. The lowest BCUT2D eigenvalue weighted by molar-refractivity contribution is -0.242. The Kier molecular flexibility index (Phi) is 7.20. The molecular formula is C39H50N2O5. The van der Waals surface area contributed by atoms with E-state index >= 15 is 0 Å². The molecule has 1 aromatic rings. The lowest BCUT2D eigenvalue weighted by Crippen LogP contribution is -2.74. The number of hydrogen-bond donors (Lipinski definition) is 2. The summed E-state index contributed by atoms with van der Waals surface area (Å²) in [5.74, 6) is -0.248. The Hall–Kier alpha value is -3.24. The molecule has 8 atom stereocenters. The van der Waals surface area contributed by atoms with Crippen molar-refractivity contribution in [2.24, 2.45) is 44.3 Å². The van der Waals surface area contributed by atoms with Crippen LogP contribution in [0.3, 0.4) is 0 Å². The molecule has 0 radical (unpaired) electrons. The number of Topliss-reactive ketones (excluding diaryl/α,β-unsaturated/α-hetero) is 1. The highest BCUT2D eigenvalue weighted by Gasteiger charge is 2.75. The molecule has 46 heavy (non-hydrogen) atoms. The average molecular weight is 627 g/mol. The molecule has 0 heterocycles. The summed E-state index contributed by atoms with van der Waals surface area (Å²) in [5, 5.41) is 26.2. The standard InChI is InChI=1S/C39H50N2O5/c1-33(2)27-13-14-37(6)28(36(27,5)20-25(22-40)31(33)43)19-30(42)39(45)29-21-35(4,16-15-34(29,3)17-18-38(37,39)7)32(44)41-23-24-11-9-10-12-26(24)46-8/h9-12,19-20,27,29,45H,13-18,21,23H2,1-8H3,(H,41,44)/t27-,29+,34+,35-,36-,37+,38-,39+/m0/s1. The third kappa shape index (κ3) is 4.01. The van der Waals surface area contributed by atoms with E-state index in [0.717, 1.165) is 42.6 Å². The van der Waals surface area contributed by atoms with Crippen LogP contribution in [-0.2, 0) is 20.9 Å². The van der Waals surface area contributed by atoms with E-state index in [1.54, 1.807) is 13.2 Å². The van der Waals surface area contributed by atoms with Crippen LogP contribution in [-0.4, -0.2) is 35.3 Å². The maximum atomic E-state index is 14.7. The number of para-hydroxylation sites is 1. The SMILES string of the molecule is COc1ccccc1CNC(=O)[C@@]1(C)CC[C@]2(C)CC[C@@]3(C)[C@]4(C)CC[C@H]5C(C)(C)C(=O)C(C#N)=C[C@]5(C)C4=CC(=O)[C@]3(O)[C@@H]2C1. The van der Waals surface area contributed by atoms with Crippen LogP contribution in [0.1, 0.15) is 99.0 Å². The van der Waals surface area contributed by atoms with E-state index in [9.17, 15) is 24.8 Å². The molecule has 0 unspecified atom stereocenters. The number of ketones is 2. The molecule has 7 nitrogen and oxygen atoms in total. The highest BCUT2D eigenvalue weighted by molar-refractivity contribution is 6.05. The molecule has 246 valence electrons. The number of carbonyl (C=O) groups is 3. The van der Waals surface area contributed by atoms with Crippen LogP contribution in [0.5, 0.6) is 5.75 Å². The third-order valence-electron chi connectivity index (χ3n) is 14.4. The lowest BCUT2D eigenvalue weighted by Gasteiger charge is -2.71. The quantitative estimate of drug-likeness (QED) is 0.387. The molecule has 1 amide bonds. The van der Waals surface area contributed by atoms with Crippen LogP contribution in [0, 0.1) is 55.7 Å². The summed E-state index contributed by atoms with van der Waals surface area (Å²) in [5.41, 5.74) is -3.47. The van der Waals surface area contributed by atoms with Crippen LogP contribution in [0.4, 0.5) is 0 Å². The van der Waals surface area contributed by atoms with Crippen LogP contribution in [0.25, 0.3) is 0 Å². The van der Waals surface area contributed by atoms with E-state index in [4.69, 9.17) is 4.74 Å². The zero-order chi connectivity index (χ0) is 33.7. The first-order chi connectivity index (χ1) is 21.4. The van der Waals surface area contributed by atoms with Crippen molar-refractivity contribution in [3.63, 3.8) is 0 Å². The fourth-order valence-electron chi connectivity index (χ4n) is 11.2. The number of fused-ring (bicyclic) bond motifs is 7. The monoisotopic (exact) mass is 626 g/mol. The first-order valence-corrected chi connectivity index (χ1v) is 17.0. The van der Waals surface area contributed by atoms with Crippen molar-refractivity contribution in [2.75, 3.05) is 7.11 Å². The maximum Gasteiger partial charge on any atom is 0.226 e. The van der Waals surface area contributed by atoms with Gasteiger partial charge in [-0.25, -0.2) is 0 Å². The summed E-state index contributed by atoms with van der Waals surface area (Å²) in [7, 11) is 1.62. The summed E-state index contributed by atoms with van der Waals surface area (Å²) in [6, 6.07) is 9.79. The Bertz CT molecular complexity index is 1630. The van der Waals surface area contributed by atoms with Gasteiger partial charge in [-0.1, -0.05) is 72.7 Å². The fraction of sp³-hybridized carbons (Fsp3) is 0.641. The van der Waals surface area contributed by atoms with Crippen LogP contribution >= 0.6 is 0 Å². The molecule has 3 fully saturated rings. The van der Waals surface area contributed by atoms with Crippen molar-refractivity contribution in [3.05, 3.63) is 53.1 Å². The van der Waals surface area contributed by atoms with E-state index in [-0.39, 0.29) is 34.4 Å². The Labute approximate surface area is 273 Å². The van der Waals surface area contributed by atoms with Gasteiger partial charge in [0.25, 0.3) is 0 Å². The molecule has 0 spiro atoms. The Morgan fingerprint density at radius 3 is 2.35 bits per heavy atom. The normalized spacial score (nSPS) is 42.6. The number of rotatable bonds is 4. The third-order valence-corrected chi connectivity index (χ3v) is 14.4. The molecule has 2 N–H and O–H groups in total. The number of benzene rings is 1. The number of nitrogens with one attached hydrogen (secondary N) is 1. The number of ether oxygens (including phenoxy) is 1. The van der Waals surface area contributed by atoms with Crippen LogP contribution < -0.4 is 10.1 Å². The maximum absolute atomic E-state index is 14.7. The number of methoxy groups -OCH3 is 1. The topological polar surface area (TPSA) is 116 Å². The van der Waals surface area contributed by atoms with Crippen molar-refractivity contribution >= 4 is 17.5 Å². The van der Waals surface area contributed by atoms with Crippen LogP contribution in [0.2, 0.25) is 0 Å². The highest BCUT2D eigenvalue weighted by atomic mass is 16.5. The van der Waals surface area contributed by atoms with Gasteiger partial charge in [-0.05, 0) is 79.4 Å². The molecule has 0 bridgehead atoms. The summed E-state index contributed by atoms with van der Waals surface area (Å²) in [6.07, 6.45) is 8.40. The van der Waals surface area contributed by atoms with E-state index in [2.05, 4.69) is 39.1 Å². The van der Waals surface area contributed by atoms with Gasteiger partial charge in [0, 0.05) is 39.7 Å². The first-order valence-electron chi connectivity index (χ1n) is 17.0. The molecule has 5 aliphatic rings. The van der Waals surface area contributed by atoms with Gasteiger partial charge in [0.1, 0.15) is 17.4 Å². The van der Waals surface area contributed by atoms with E-state index < -0.39 is 38.6 Å². The zero-order valence-corrected chi connectivity index (χ0v) is 28.8. The minimum atomic E-state index is -1.66. The molecule has 1 aromatic carbocycles. The predicted molar refractivity (Wildman–Crippen MR) is 175 cm³/mol. The Morgan fingerprint density at radius 1 is 1.00 bits per heavy atom. The molecule has 6 rings (SSSR count). The van der Waals surface area contributed by atoms with Gasteiger partial charge in [0.2, 0.25) is 5.91 Å². The minimum Gasteiger partial charge on any atom is -0.496 e. The molecule has 0 aliphatic heterocycles. The smallest absolute Gasteiger partial charge is 0.226 e. The molecule has 5 aliphatic carbocycles. The second-order valence-corrected chi connectivity index (χ2v) is 16.9. The second kappa shape index (κ2) is 10.1. The van der Waals surface area contributed by atoms with E-state index in [1.807, 2.05) is 51.1 Å². The number of hydrogen-bond acceptors (Lipinski definition) is 6. The molecule has 7 heteroatoms. The number of amides is 1. The first kappa shape index (κ1) is 32.7. The van der Waals surface area contributed by atoms with Crippen molar-refractivity contribution in [1.82, 2.24) is 5.32 Å². The van der Waals surface area contributed by atoms with Gasteiger partial charge in [0.05, 0.1) is 12.7 Å². The van der Waals surface area contributed by atoms with E-state index in [1.165, 1.54) is 0 Å². The van der Waals surface area contributed by atoms with E-state index in [0.29, 0.717) is 25.8 Å². The molecule has 0 aromatic heterocycles. The number of nitrogens with zero attached hydrogens (tertiary/aromatic N) is 1. The van der Waals surface area contributed by atoms with Gasteiger partial charge < -0.3 is 15.2 Å². The van der Waals surface area contributed by atoms with Gasteiger partial charge in [-0.15, -0.1) is 0 Å². The fourth-order valence-corrected chi connectivity index (χ4v) is 11.2. The molecule has 0 saturated heterocycles. The average Bonchev–Trinajstić information content (AvgIpc) is 3.02. The summed E-state index contributed by atoms with van der Waals surface area (Å²) >= 11 is 0. The van der Waals surface area contributed by atoms with Gasteiger partial charge in [-0.3, -0.25) is 14.4 Å². The summed E-state index contributed by atoms with van der Waals surface area (Å²) in [4.78, 5) is 42.0. The number of carbonyl (C=O) groups excluding carboxylic acids is 3. The largest absolute Gasteiger partial charge is 0.496 e. The second-order valence-electron chi connectivity index (χ2n) is 16.9. The number of aliphatic hydroxyl groups is 1. The molecular weight excluding hydrogens is 576 g/mol. The minimum absolute atomic E-state index is 0.0646. The summed E-state index contributed by atoms with van der Waals surface area (Å²) < 4.78 is 5.49. The predicted octanol–water partition coefficient (Wildman–Crippen LogP) is 6.65. The lowest BCUT2D eigenvalue weighted by atomic mass is 9.33. The zero-order valence-electron chi connectivity index (χ0n) is 28.8. The van der Waals surface area contributed by atoms with Gasteiger partial charge in [-0.2, -0.15) is 5.26 Å². The highest BCUT2D eigenvalue weighted by Crippen LogP contribution is 2.75. The van der Waals surface area contributed by atoms with Crippen molar-refractivity contribution in [2.45, 2.75) is 106 Å². The van der Waals surface area contributed by atoms with Crippen molar-refractivity contribution in [3.8, 4) is 11.8 Å². The van der Waals surface area contributed by atoms with Crippen molar-refractivity contribution < 1.29 is 24.2 Å². The van der Waals surface area contributed by atoms with Gasteiger partial charge in [0.15, 0.2) is 11.6 Å². The number of allylic oxidation sites excluding steroid dienone is 3. The number of nitriles is 1.